The van der Waals surface area contributed by atoms with Crippen molar-refractivity contribution in [1.82, 2.24) is 5.32 Å². The van der Waals surface area contributed by atoms with Crippen LogP contribution in [0.1, 0.15) is 16.7 Å². The van der Waals surface area contributed by atoms with Crippen LogP contribution in [0.15, 0.2) is 53.0 Å². The van der Waals surface area contributed by atoms with Gasteiger partial charge in [0, 0.05) is 16.8 Å². The standard InChI is InChI=1S/C17H18BrNOS/c1-13-5-4-6-14(9-13)10-19-17(20)12-21-11-15-7-2-3-8-16(15)18/h2-9H,10-12H2,1H3,(H,19,20). The maximum atomic E-state index is 11.8. The topological polar surface area (TPSA) is 29.1 Å². The van der Waals surface area contributed by atoms with Gasteiger partial charge in [-0.3, -0.25) is 4.79 Å². The molecule has 1 amide bonds. The Bertz CT molecular complexity index is 615. The van der Waals surface area contributed by atoms with Crippen LogP contribution in [0, 0.1) is 6.92 Å². The molecule has 0 bridgehead atoms. The van der Waals surface area contributed by atoms with Gasteiger partial charge in [-0.15, -0.1) is 11.8 Å². The van der Waals surface area contributed by atoms with E-state index in [2.05, 4.69) is 46.4 Å². The minimum absolute atomic E-state index is 0.0774. The molecule has 2 aromatic carbocycles. The molecule has 0 aliphatic rings. The van der Waals surface area contributed by atoms with Gasteiger partial charge in [0.25, 0.3) is 0 Å². The van der Waals surface area contributed by atoms with Gasteiger partial charge in [-0.2, -0.15) is 0 Å². The van der Waals surface area contributed by atoms with Crippen molar-refractivity contribution >= 4 is 33.6 Å². The second kappa shape index (κ2) is 8.25. The molecule has 21 heavy (non-hydrogen) atoms. The number of nitrogens with one attached hydrogen (secondary N) is 1. The van der Waals surface area contributed by atoms with Gasteiger partial charge in [0.2, 0.25) is 5.91 Å². The van der Waals surface area contributed by atoms with Crippen LogP contribution in [0.3, 0.4) is 0 Å². The average molecular weight is 364 g/mol. The Kier molecular flexibility index (Phi) is 6.33. The molecular weight excluding hydrogens is 346 g/mol. The van der Waals surface area contributed by atoms with Gasteiger partial charge < -0.3 is 5.32 Å². The number of carbonyl (C=O) groups excluding carboxylic acids is 1. The maximum Gasteiger partial charge on any atom is 0.230 e. The van der Waals surface area contributed by atoms with Crippen molar-refractivity contribution in [3.8, 4) is 0 Å². The van der Waals surface area contributed by atoms with Crippen molar-refractivity contribution in [3.63, 3.8) is 0 Å². The quantitative estimate of drug-likeness (QED) is 0.828. The van der Waals surface area contributed by atoms with E-state index in [4.69, 9.17) is 0 Å². The van der Waals surface area contributed by atoms with Crippen molar-refractivity contribution in [1.29, 1.82) is 0 Å². The number of rotatable bonds is 6. The van der Waals surface area contributed by atoms with Crippen LogP contribution in [0.2, 0.25) is 0 Å². The number of hydrogen-bond donors (Lipinski definition) is 1. The lowest BCUT2D eigenvalue weighted by Crippen LogP contribution is -2.24. The van der Waals surface area contributed by atoms with Crippen molar-refractivity contribution in [2.45, 2.75) is 19.2 Å². The minimum Gasteiger partial charge on any atom is -0.351 e. The van der Waals surface area contributed by atoms with Crippen LogP contribution in [0.25, 0.3) is 0 Å². The molecule has 2 aromatic rings. The largest absolute Gasteiger partial charge is 0.351 e. The fraction of sp³-hybridized carbons (Fsp3) is 0.235. The summed E-state index contributed by atoms with van der Waals surface area (Å²) in [4.78, 5) is 11.8. The number of hydrogen-bond acceptors (Lipinski definition) is 2. The summed E-state index contributed by atoms with van der Waals surface area (Å²) in [6, 6.07) is 16.3. The summed E-state index contributed by atoms with van der Waals surface area (Å²) >= 11 is 5.14. The number of aryl methyl sites for hydroxylation is 1. The summed E-state index contributed by atoms with van der Waals surface area (Å²) < 4.78 is 1.10. The highest BCUT2D eigenvalue weighted by atomic mass is 79.9. The number of halogens is 1. The van der Waals surface area contributed by atoms with Crippen LogP contribution in [-0.4, -0.2) is 11.7 Å². The zero-order valence-corrected chi connectivity index (χ0v) is 14.3. The number of amides is 1. The molecule has 1 N–H and O–H groups in total. The van der Waals surface area contributed by atoms with Crippen LogP contribution in [0.5, 0.6) is 0 Å². The van der Waals surface area contributed by atoms with Crippen LogP contribution in [-0.2, 0) is 17.1 Å². The predicted octanol–water partition coefficient (Wildman–Crippen LogP) is 4.31. The van der Waals surface area contributed by atoms with E-state index < -0.39 is 0 Å². The zero-order chi connectivity index (χ0) is 15.1. The van der Waals surface area contributed by atoms with Crippen molar-refractivity contribution < 1.29 is 4.79 Å². The Hall–Kier alpha value is -1.26. The molecule has 0 atom stereocenters. The lowest BCUT2D eigenvalue weighted by molar-refractivity contribution is -0.118. The van der Waals surface area contributed by atoms with E-state index in [1.165, 1.54) is 11.1 Å². The SMILES string of the molecule is Cc1cccc(CNC(=O)CSCc2ccccc2Br)c1. The Morgan fingerprint density at radius 3 is 2.76 bits per heavy atom. The molecule has 2 rings (SSSR count). The number of carbonyl (C=O) groups is 1. The molecule has 0 fully saturated rings. The molecule has 0 saturated heterocycles. The average Bonchev–Trinajstić information content (AvgIpc) is 2.47. The summed E-state index contributed by atoms with van der Waals surface area (Å²) in [5, 5.41) is 2.96. The van der Waals surface area contributed by atoms with Crippen molar-refractivity contribution in [3.05, 3.63) is 69.7 Å². The fourth-order valence-corrected chi connectivity index (χ4v) is 3.41. The second-order valence-corrected chi connectivity index (χ2v) is 6.69. The van der Waals surface area contributed by atoms with Gasteiger partial charge in [-0.1, -0.05) is 64.0 Å². The van der Waals surface area contributed by atoms with E-state index in [-0.39, 0.29) is 5.91 Å². The Balaban J connectivity index is 1.72. The smallest absolute Gasteiger partial charge is 0.230 e. The molecule has 0 heterocycles. The number of thioether (sulfide) groups is 1. The van der Waals surface area contributed by atoms with Gasteiger partial charge in [0.05, 0.1) is 5.75 Å². The van der Waals surface area contributed by atoms with E-state index in [9.17, 15) is 4.79 Å². The molecule has 4 heteroatoms. The van der Waals surface area contributed by atoms with Crippen LogP contribution in [0.4, 0.5) is 0 Å². The van der Waals surface area contributed by atoms with Crippen LogP contribution >= 0.6 is 27.7 Å². The van der Waals surface area contributed by atoms with E-state index in [0.717, 1.165) is 15.8 Å². The van der Waals surface area contributed by atoms with E-state index in [1.54, 1.807) is 11.8 Å². The third-order valence-corrected chi connectivity index (χ3v) is 4.78. The zero-order valence-electron chi connectivity index (χ0n) is 11.9. The molecule has 0 spiro atoms. The predicted molar refractivity (Wildman–Crippen MR) is 93.3 cm³/mol. The van der Waals surface area contributed by atoms with Crippen LogP contribution < -0.4 is 5.32 Å². The molecule has 2 nitrogen and oxygen atoms in total. The molecular formula is C17H18BrNOS. The van der Waals surface area contributed by atoms with E-state index >= 15 is 0 Å². The Morgan fingerprint density at radius 2 is 2.00 bits per heavy atom. The molecule has 110 valence electrons. The summed E-state index contributed by atoms with van der Waals surface area (Å²) in [5.74, 6) is 1.39. The summed E-state index contributed by atoms with van der Waals surface area (Å²) in [6.07, 6.45) is 0. The highest BCUT2D eigenvalue weighted by Gasteiger charge is 2.04. The second-order valence-electron chi connectivity index (χ2n) is 4.85. The third-order valence-electron chi connectivity index (χ3n) is 3.02. The van der Waals surface area contributed by atoms with Gasteiger partial charge >= 0.3 is 0 Å². The fourth-order valence-electron chi connectivity index (χ4n) is 1.94. The molecule has 0 aliphatic carbocycles. The molecule has 0 unspecified atom stereocenters. The first-order valence-electron chi connectivity index (χ1n) is 6.78. The summed E-state index contributed by atoms with van der Waals surface area (Å²) in [5.41, 5.74) is 3.57. The summed E-state index contributed by atoms with van der Waals surface area (Å²) in [7, 11) is 0. The maximum absolute atomic E-state index is 11.8. The molecule has 0 aliphatic heterocycles. The highest BCUT2D eigenvalue weighted by Crippen LogP contribution is 2.21. The summed E-state index contributed by atoms with van der Waals surface area (Å²) in [6.45, 7) is 2.65. The van der Waals surface area contributed by atoms with Gasteiger partial charge in [0.1, 0.15) is 0 Å². The molecule has 0 aromatic heterocycles. The monoisotopic (exact) mass is 363 g/mol. The van der Waals surface area contributed by atoms with Gasteiger partial charge in [-0.05, 0) is 24.1 Å². The minimum atomic E-state index is 0.0774. The Labute approximate surface area is 138 Å². The van der Waals surface area contributed by atoms with E-state index in [1.807, 2.05) is 30.3 Å². The normalized spacial score (nSPS) is 10.4. The Morgan fingerprint density at radius 1 is 1.19 bits per heavy atom. The van der Waals surface area contributed by atoms with Gasteiger partial charge in [0.15, 0.2) is 0 Å². The number of benzene rings is 2. The lowest BCUT2D eigenvalue weighted by atomic mass is 10.1. The van der Waals surface area contributed by atoms with Gasteiger partial charge in [-0.25, -0.2) is 0 Å². The third kappa shape index (κ3) is 5.56. The molecule has 0 radical (unpaired) electrons. The lowest BCUT2D eigenvalue weighted by Gasteiger charge is -2.07. The highest BCUT2D eigenvalue weighted by molar-refractivity contribution is 9.10. The van der Waals surface area contributed by atoms with E-state index in [0.29, 0.717) is 12.3 Å². The first-order chi connectivity index (χ1) is 10.1. The van der Waals surface area contributed by atoms with Crippen molar-refractivity contribution in [2.75, 3.05) is 5.75 Å². The van der Waals surface area contributed by atoms with Crippen molar-refractivity contribution in [2.24, 2.45) is 0 Å². The first-order valence-corrected chi connectivity index (χ1v) is 8.73. The first kappa shape index (κ1) is 16.1. The molecule has 0 saturated carbocycles.